The van der Waals surface area contributed by atoms with Crippen LogP contribution in [-0.4, -0.2) is 43.4 Å². The van der Waals surface area contributed by atoms with Crippen LogP contribution in [0.25, 0.3) is 0 Å². The molecular formula is C14H22N2O3S. The van der Waals surface area contributed by atoms with E-state index < -0.39 is 5.60 Å². The quantitative estimate of drug-likeness (QED) is 0.897. The number of methoxy groups -OCH3 is 1. The van der Waals surface area contributed by atoms with Gasteiger partial charge < -0.3 is 14.8 Å². The zero-order valence-corrected chi connectivity index (χ0v) is 13.1. The summed E-state index contributed by atoms with van der Waals surface area (Å²) in [5, 5.41) is 4.06. The van der Waals surface area contributed by atoms with Crippen LogP contribution in [0.3, 0.4) is 0 Å². The Labute approximate surface area is 123 Å². The molecule has 1 N–H and O–H groups in total. The minimum Gasteiger partial charge on any atom is -0.381 e. The van der Waals surface area contributed by atoms with E-state index in [1.807, 2.05) is 13.8 Å². The topological polar surface area (TPSA) is 60.5 Å². The lowest BCUT2D eigenvalue weighted by Crippen LogP contribution is -2.52. The lowest BCUT2D eigenvalue weighted by atomic mass is 9.93. The van der Waals surface area contributed by atoms with E-state index in [0.717, 1.165) is 17.1 Å². The van der Waals surface area contributed by atoms with E-state index in [2.05, 4.69) is 10.3 Å². The molecule has 0 aliphatic carbocycles. The minimum atomic E-state index is -0.711. The van der Waals surface area contributed by atoms with Crippen LogP contribution in [0.2, 0.25) is 0 Å². The normalized spacial score (nSPS) is 17.9. The van der Waals surface area contributed by atoms with Crippen molar-refractivity contribution in [1.29, 1.82) is 0 Å². The summed E-state index contributed by atoms with van der Waals surface area (Å²) < 4.78 is 10.8. The molecule has 0 spiro atoms. The smallest absolute Gasteiger partial charge is 0.252 e. The van der Waals surface area contributed by atoms with Crippen molar-refractivity contribution in [2.75, 3.05) is 26.9 Å². The van der Waals surface area contributed by atoms with Gasteiger partial charge in [0.25, 0.3) is 5.91 Å². The van der Waals surface area contributed by atoms with Crippen LogP contribution < -0.4 is 5.32 Å². The van der Waals surface area contributed by atoms with E-state index >= 15 is 0 Å². The maximum atomic E-state index is 12.3. The molecule has 0 bridgehead atoms. The molecule has 0 aromatic carbocycles. The molecular weight excluding hydrogens is 276 g/mol. The Morgan fingerprint density at radius 2 is 2.15 bits per heavy atom. The Hall–Kier alpha value is -0.980. The molecule has 1 amide bonds. The summed E-state index contributed by atoms with van der Waals surface area (Å²) in [6.45, 7) is 5.79. The van der Waals surface area contributed by atoms with Crippen LogP contribution in [0.5, 0.6) is 0 Å². The second-order valence-electron chi connectivity index (χ2n) is 5.06. The Morgan fingerprint density at radius 3 is 2.70 bits per heavy atom. The van der Waals surface area contributed by atoms with Crippen molar-refractivity contribution >= 4 is 17.2 Å². The van der Waals surface area contributed by atoms with Gasteiger partial charge in [0.2, 0.25) is 0 Å². The Kier molecular flexibility index (Phi) is 5.12. The minimum absolute atomic E-state index is 0.0257. The summed E-state index contributed by atoms with van der Waals surface area (Å²) in [6.07, 6.45) is 2.06. The number of hydrogen-bond acceptors (Lipinski definition) is 5. The fourth-order valence-electron chi connectivity index (χ4n) is 2.48. The fourth-order valence-corrected chi connectivity index (χ4v) is 3.42. The Morgan fingerprint density at radius 1 is 1.45 bits per heavy atom. The second-order valence-corrected chi connectivity index (χ2v) is 6.35. The molecule has 1 aliphatic heterocycles. The zero-order chi connectivity index (χ0) is 14.6. The largest absolute Gasteiger partial charge is 0.381 e. The molecule has 112 valence electrons. The van der Waals surface area contributed by atoms with Crippen LogP contribution >= 0.6 is 11.3 Å². The third-order valence-corrected chi connectivity index (χ3v) is 4.87. The van der Waals surface area contributed by atoms with Crippen molar-refractivity contribution in [3.8, 4) is 0 Å². The van der Waals surface area contributed by atoms with Crippen molar-refractivity contribution in [3.05, 3.63) is 15.6 Å². The molecule has 1 aliphatic rings. The maximum absolute atomic E-state index is 12.3. The number of carbonyl (C=O) groups excluding carboxylic acids is 1. The highest BCUT2D eigenvalue weighted by molar-refractivity contribution is 7.11. The number of nitrogens with zero attached hydrogens (tertiary/aromatic N) is 1. The SMILES string of the molecule is COC1(C(=O)NCCc2sc(C)nc2C)CCOCC1. The van der Waals surface area contributed by atoms with Gasteiger partial charge in [-0.1, -0.05) is 0 Å². The van der Waals surface area contributed by atoms with Crippen molar-refractivity contribution in [1.82, 2.24) is 10.3 Å². The highest BCUT2D eigenvalue weighted by Crippen LogP contribution is 2.24. The molecule has 1 aromatic rings. The summed E-state index contributed by atoms with van der Waals surface area (Å²) in [5.74, 6) is -0.0257. The summed E-state index contributed by atoms with van der Waals surface area (Å²) in [6, 6.07) is 0. The zero-order valence-electron chi connectivity index (χ0n) is 12.3. The van der Waals surface area contributed by atoms with Crippen LogP contribution in [-0.2, 0) is 20.7 Å². The van der Waals surface area contributed by atoms with Gasteiger partial charge in [0.05, 0.1) is 10.7 Å². The predicted octanol–water partition coefficient (Wildman–Crippen LogP) is 1.61. The second kappa shape index (κ2) is 6.65. The lowest BCUT2D eigenvalue weighted by molar-refractivity contribution is -0.155. The molecule has 5 nitrogen and oxygen atoms in total. The molecule has 2 rings (SSSR count). The van der Waals surface area contributed by atoms with Gasteiger partial charge in [0.15, 0.2) is 5.60 Å². The van der Waals surface area contributed by atoms with Gasteiger partial charge in [-0.3, -0.25) is 4.79 Å². The van der Waals surface area contributed by atoms with Crippen LogP contribution in [0.4, 0.5) is 0 Å². The monoisotopic (exact) mass is 298 g/mol. The average molecular weight is 298 g/mol. The summed E-state index contributed by atoms with van der Waals surface area (Å²) in [5.41, 5.74) is 0.353. The molecule has 1 aromatic heterocycles. The van der Waals surface area contributed by atoms with Gasteiger partial charge in [0, 0.05) is 51.0 Å². The highest BCUT2D eigenvalue weighted by Gasteiger charge is 2.39. The average Bonchev–Trinajstić information content (AvgIpc) is 2.77. The Balaban J connectivity index is 1.86. The predicted molar refractivity (Wildman–Crippen MR) is 78.1 cm³/mol. The molecule has 20 heavy (non-hydrogen) atoms. The number of nitrogens with one attached hydrogen (secondary N) is 1. The summed E-state index contributed by atoms with van der Waals surface area (Å²) >= 11 is 1.69. The molecule has 6 heteroatoms. The maximum Gasteiger partial charge on any atom is 0.252 e. The van der Waals surface area contributed by atoms with E-state index in [1.165, 1.54) is 4.88 Å². The first-order valence-corrected chi connectivity index (χ1v) is 7.73. The van der Waals surface area contributed by atoms with Crippen molar-refractivity contribution in [2.45, 2.75) is 38.7 Å². The highest BCUT2D eigenvalue weighted by atomic mass is 32.1. The van der Waals surface area contributed by atoms with Crippen molar-refractivity contribution < 1.29 is 14.3 Å². The molecule has 0 unspecified atom stereocenters. The number of ether oxygens (including phenoxy) is 2. The number of aromatic nitrogens is 1. The van der Waals surface area contributed by atoms with Crippen molar-refractivity contribution in [2.24, 2.45) is 0 Å². The number of aryl methyl sites for hydroxylation is 2. The fraction of sp³-hybridized carbons (Fsp3) is 0.714. The number of amides is 1. The summed E-state index contributed by atoms with van der Waals surface area (Å²) in [7, 11) is 1.60. The van der Waals surface area contributed by atoms with Gasteiger partial charge in [0.1, 0.15) is 0 Å². The van der Waals surface area contributed by atoms with E-state index in [1.54, 1.807) is 18.4 Å². The molecule has 1 saturated heterocycles. The third-order valence-electron chi connectivity index (χ3n) is 3.74. The molecule has 2 heterocycles. The van der Waals surface area contributed by atoms with Gasteiger partial charge >= 0.3 is 0 Å². The van der Waals surface area contributed by atoms with Crippen LogP contribution in [0.1, 0.15) is 28.4 Å². The van der Waals surface area contributed by atoms with E-state index in [4.69, 9.17) is 9.47 Å². The summed E-state index contributed by atoms with van der Waals surface area (Å²) in [4.78, 5) is 18.0. The first-order valence-electron chi connectivity index (χ1n) is 6.91. The van der Waals surface area contributed by atoms with E-state index in [9.17, 15) is 4.79 Å². The molecule has 0 atom stereocenters. The third kappa shape index (κ3) is 3.37. The number of thiazole rings is 1. The molecule has 0 saturated carbocycles. The van der Waals surface area contributed by atoms with Crippen molar-refractivity contribution in [3.63, 3.8) is 0 Å². The van der Waals surface area contributed by atoms with Crippen LogP contribution in [0, 0.1) is 13.8 Å². The molecule has 1 fully saturated rings. The number of hydrogen-bond donors (Lipinski definition) is 1. The first kappa shape index (κ1) is 15.4. The van der Waals surface area contributed by atoms with Gasteiger partial charge in [-0.05, 0) is 13.8 Å². The van der Waals surface area contributed by atoms with E-state index in [0.29, 0.717) is 32.6 Å². The number of carbonyl (C=O) groups is 1. The Bertz CT molecular complexity index is 467. The first-order chi connectivity index (χ1) is 9.57. The van der Waals surface area contributed by atoms with Gasteiger partial charge in [-0.2, -0.15) is 0 Å². The van der Waals surface area contributed by atoms with Crippen LogP contribution in [0.15, 0.2) is 0 Å². The molecule has 0 radical (unpaired) electrons. The van der Waals surface area contributed by atoms with Gasteiger partial charge in [-0.25, -0.2) is 4.98 Å². The van der Waals surface area contributed by atoms with E-state index in [-0.39, 0.29) is 5.91 Å². The standard InChI is InChI=1S/C14H22N2O3S/c1-10-12(20-11(2)16-10)4-7-15-13(17)14(18-3)5-8-19-9-6-14/h4-9H2,1-3H3,(H,15,17). The lowest BCUT2D eigenvalue weighted by Gasteiger charge is -2.34. The van der Waals surface area contributed by atoms with Gasteiger partial charge in [-0.15, -0.1) is 11.3 Å². The number of rotatable bonds is 5.